The Labute approximate surface area is 269 Å². The number of nitrogens with zero attached hydrogens (tertiary/aromatic N) is 5. The Morgan fingerprint density at radius 3 is 2.59 bits per heavy atom. The summed E-state index contributed by atoms with van der Waals surface area (Å²) in [5.74, 6) is 1.05. The monoisotopic (exact) mass is 625 g/mol. The number of carbonyl (C=O) groups is 1. The molecule has 0 spiro atoms. The molecule has 8 nitrogen and oxygen atoms in total. The van der Waals surface area contributed by atoms with Crippen molar-refractivity contribution in [1.82, 2.24) is 19.7 Å². The van der Waals surface area contributed by atoms with Gasteiger partial charge in [0.15, 0.2) is 5.78 Å². The molecule has 1 saturated heterocycles. The zero-order valence-corrected chi connectivity index (χ0v) is 26.8. The van der Waals surface area contributed by atoms with Gasteiger partial charge in [-0.25, -0.2) is 14.1 Å². The quantitative estimate of drug-likeness (QED) is 0.425. The van der Waals surface area contributed by atoms with Gasteiger partial charge < -0.3 is 15.1 Å². The van der Waals surface area contributed by atoms with Crippen LogP contribution in [0.25, 0.3) is 11.8 Å². The third-order valence-electron chi connectivity index (χ3n) is 12.8. The lowest BCUT2D eigenvalue weighted by Crippen LogP contribution is -2.63. The minimum atomic E-state index is -1.44. The molecule has 2 aromatic heterocycles. The number of fused-ring (bicyclic) bond motifs is 6. The van der Waals surface area contributed by atoms with E-state index in [2.05, 4.69) is 39.8 Å². The fraction of sp³-hybridized carbons (Fsp3) is 0.541. The van der Waals surface area contributed by atoms with E-state index in [0.717, 1.165) is 74.6 Å². The molecule has 9 heteroatoms. The molecule has 4 unspecified atom stereocenters. The molecular weight excluding hydrogens is 581 g/mol. The van der Waals surface area contributed by atoms with Crippen LogP contribution >= 0.6 is 0 Å². The first-order chi connectivity index (χ1) is 22.1. The van der Waals surface area contributed by atoms with Crippen LogP contribution in [0.4, 0.5) is 10.2 Å². The van der Waals surface area contributed by atoms with Gasteiger partial charge in [-0.15, -0.1) is 0 Å². The maximum atomic E-state index is 14.0. The topological polar surface area (TPSA) is 94.7 Å². The summed E-state index contributed by atoms with van der Waals surface area (Å²) in [6.07, 6.45) is 9.70. The van der Waals surface area contributed by atoms with Crippen LogP contribution in [0.5, 0.6) is 0 Å². The minimum absolute atomic E-state index is 0.0463. The van der Waals surface area contributed by atoms with Crippen molar-refractivity contribution in [2.24, 2.45) is 28.6 Å². The number of hydrogen-bond donors (Lipinski definition) is 2. The Bertz CT molecular complexity index is 1670. The summed E-state index contributed by atoms with van der Waals surface area (Å²) in [7, 11) is 0. The van der Waals surface area contributed by atoms with Gasteiger partial charge in [-0.2, -0.15) is 5.10 Å². The number of Topliss-reactive ketones (excluding diaryl/α,β-unsaturated/α-hetero) is 1. The highest BCUT2D eigenvalue weighted by molar-refractivity contribution is 5.90. The third-order valence-corrected chi connectivity index (χ3v) is 12.8. The van der Waals surface area contributed by atoms with Crippen LogP contribution in [0.3, 0.4) is 0 Å². The number of pyridine rings is 1. The van der Waals surface area contributed by atoms with Crippen molar-refractivity contribution in [3.63, 3.8) is 0 Å². The molecule has 3 saturated carbocycles. The summed E-state index contributed by atoms with van der Waals surface area (Å²) in [6.45, 7) is 7.72. The van der Waals surface area contributed by atoms with Crippen molar-refractivity contribution < 1.29 is 19.4 Å². The molecule has 4 fully saturated rings. The molecule has 0 radical (unpaired) electrons. The van der Waals surface area contributed by atoms with Crippen molar-refractivity contribution in [2.45, 2.75) is 64.1 Å². The van der Waals surface area contributed by atoms with Gasteiger partial charge in [0.1, 0.15) is 17.2 Å². The highest BCUT2D eigenvalue weighted by Crippen LogP contribution is 2.67. The summed E-state index contributed by atoms with van der Waals surface area (Å²) >= 11 is 0. The molecule has 3 heterocycles. The molecule has 3 aromatic rings. The van der Waals surface area contributed by atoms with E-state index in [1.165, 1.54) is 17.7 Å². The maximum absolute atomic E-state index is 14.0. The smallest absolute Gasteiger partial charge is 0.178 e. The normalized spacial score (nSPS) is 35.5. The summed E-state index contributed by atoms with van der Waals surface area (Å²) in [5, 5.41) is 29.0. The largest absolute Gasteiger partial charge is 0.393 e. The molecule has 7 atom stereocenters. The van der Waals surface area contributed by atoms with E-state index in [4.69, 9.17) is 0 Å². The molecule has 1 aromatic carbocycles. The number of aliphatic hydroxyl groups excluding tert-OH is 1. The van der Waals surface area contributed by atoms with Crippen molar-refractivity contribution in [2.75, 3.05) is 37.6 Å². The van der Waals surface area contributed by atoms with Gasteiger partial charge in [-0.1, -0.05) is 25.5 Å². The molecule has 0 amide bonds. The number of aliphatic hydroxyl groups is 2. The molecule has 2 N–H and O–H groups in total. The SMILES string of the molecule is C[C@]12Cc3cnn(-c4ccc(F)cc4)c3C=C1CCC1C2C(O)C[C@@]2(C)C1CC[C@]2(O)C(=O)CN1CCN(c2ccccn2)CC1. The highest BCUT2D eigenvalue weighted by atomic mass is 19.1. The lowest BCUT2D eigenvalue weighted by molar-refractivity contribution is -0.180. The number of benzene rings is 1. The summed E-state index contributed by atoms with van der Waals surface area (Å²) in [6, 6.07) is 12.3. The van der Waals surface area contributed by atoms with Gasteiger partial charge in [-0.3, -0.25) is 9.69 Å². The van der Waals surface area contributed by atoms with Crippen LogP contribution < -0.4 is 4.90 Å². The van der Waals surface area contributed by atoms with E-state index in [9.17, 15) is 19.4 Å². The molecule has 5 aliphatic rings. The predicted octanol–water partition coefficient (Wildman–Crippen LogP) is 4.68. The Hall–Kier alpha value is -3.40. The standard InChI is InChI=1S/C37H44FN5O3/c1-35-20-24-22-40-43(27-9-7-26(38)8-10-27)30(24)19-25(35)6-11-28-29-12-13-37(46,36(29,2)21-31(44)34(28)35)32(45)23-41-15-17-42(18-16-41)33-5-3-4-14-39-33/h3-5,7-10,14,19,22,28-29,31,34,44,46H,6,11-13,15-18,20-21,23H2,1-2H3/t28?,29?,31?,34?,35-,36-,37-/m0/s1. The second kappa shape index (κ2) is 10.8. The number of rotatable bonds is 5. The van der Waals surface area contributed by atoms with Crippen LogP contribution in [0.2, 0.25) is 0 Å². The number of halogens is 1. The van der Waals surface area contributed by atoms with Crippen LogP contribution in [0.15, 0.2) is 60.4 Å². The van der Waals surface area contributed by atoms with Gasteiger partial charge in [0.25, 0.3) is 0 Å². The second-order valence-corrected chi connectivity index (χ2v) is 15.0. The number of anilines is 1. The van der Waals surface area contributed by atoms with E-state index in [-0.39, 0.29) is 41.3 Å². The summed E-state index contributed by atoms with van der Waals surface area (Å²) < 4.78 is 15.5. The first kappa shape index (κ1) is 30.0. The Balaban J connectivity index is 1.00. The van der Waals surface area contributed by atoms with Crippen molar-refractivity contribution in [3.8, 4) is 5.69 Å². The summed E-state index contributed by atoms with van der Waals surface area (Å²) in [5.41, 5.74) is 2.01. The molecule has 46 heavy (non-hydrogen) atoms. The maximum Gasteiger partial charge on any atom is 0.178 e. The van der Waals surface area contributed by atoms with Crippen molar-refractivity contribution in [3.05, 3.63) is 77.5 Å². The number of aromatic nitrogens is 3. The first-order valence-corrected chi connectivity index (χ1v) is 17.0. The molecule has 0 bridgehead atoms. The Kier molecular flexibility index (Phi) is 7.05. The highest BCUT2D eigenvalue weighted by Gasteiger charge is 2.68. The van der Waals surface area contributed by atoms with Crippen LogP contribution in [0, 0.1) is 34.4 Å². The first-order valence-electron chi connectivity index (χ1n) is 17.0. The lowest BCUT2D eigenvalue weighted by atomic mass is 9.45. The second-order valence-electron chi connectivity index (χ2n) is 15.0. The average Bonchev–Trinajstić information content (AvgIpc) is 3.58. The van der Waals surface area contributed by atoms with E-state index >= 15 is 0 Å². The average molecular weight is 626 g/mol. The summed E-state index contributed by atoms with van der Waals surface area (Å²) in [4.78, 5) is 22.9. The number of hydrogen-bond acceptors (Lipinski definition) is 7. The fourth-order valence-corrected chi connectivity index (χ4v) is 10.4. The number of allylic oxidation sites excluding steroid dienone is 1. The van der Waals surface area contributed by atoms with E-state index < -0.39 is 17.1 Å². The van der Waals surface area contributed by atoms with Crippen LogP contribution in [-0.4, -0.2) is 80.1 Å². The van der Waals surface area contributed by atoms with Gasteiger partial charge in [-0.05, 0) is 110 Å². The van der Waals surface area contributed by atoms with E-state index in [1.807, 2.05) is 29.1 Å². The van der Waals surface area contributed by atoms with Crippen molar-refractivity contribution >= 4 is 17.7 Å². The zero-order chi connectivity index (χ0) is 31.8. The molecular formula is C37H44FN5O3. The molecule has 4 aliphatic carbocycles. The van der Waals surface area contributed by atoms with Crippen molar-refractivity contribution in [1.29, 1.82) is 0 Å². The fourth-order valence-electron chi connectivity index (χ4n) is 10.4. The van der Waals surface area contributed by atoms with Gasteiger partial charge in [0.05, 0.1) is 30.2 Å². The number of ketones is 1. The minimum Gasteiger partial charge on any atom is -0.393 e. The van der Waals surface area contributed by atoms with Gasteiger partial charge in [0.2, 0.25) is 0 Å². The lowest BCUT2D eigenvalue weighted by Gasteiger charge is -2.60. The predicted molar refractivity (Wildman–Crippen MR) is 174 cm³/mol. The molecule has 1 aliphatic heterocycles. The molecule has 242 valence electrons. The van der Waals surface area contributed by atoms with Crippen LogP contribution in [-0.2, 0) is 11.2 Å². The Morgan fingerprint density at radius 2 is 1.85 bits per heavy atom. The third kappa shape index (κ3) is 4.45. The van der Waals surface area contributed by atoms with E-state index in [1.54, 1.807) is 18.3 Å². The molecule has 8 rings (SSSR count). The zero-order valence-electron chi connectivity index (χ0n) is 26.8. The van der Waals surface area contributed by atoms with Crippen LogP contribution in [0.1, 0.15) is 57.2 Å². The number of carbonyl (C=O) groups excluding carboxylic acids is 1. The van der Waals surface area contributed by atoms with E-state index in [0.29, 0.717) is 12.8 Å². The van der Waals surface area contributed by atoms with Gasteiger partial charge >= 0.3 is 0 Å². The number of piperazine rings is 1. The Morgan fingerprint density at radius 1 is 1.07 bits per heavy atom. The van der Waals surface area contributed by atoms with Gasteiger partial charge in [0, 0.05) is 37.8 Å².